The van der Waals surface area contributed by atoms with Crippen LogP contribution in [0.1, 0.15) is 20.3 Å². The van der Waals surface area contributed by atoms with Gasteiger partial charge in [0.25, 0.3) is 11.8 Å². The van der Waals surface area contributed by atoms with Crippen molar-refractivity contribution in [2.45, 2.75) is 20.3 Å². The van der Waals surface area contributed by atoms with E-state index >= 15 is 0 Å². The first kappa shape index (κ1) is 12.4. The first-order chi connectivity index (χ1) is 7.38. The van der Waals surface area contributed by atoms with Crippen LogP contribution in [0.25, 0.3) is 0 Å². The van der Waals surface area contributed by atoms with E-state index in [-0.39, 0.29) is 24.3 Å². The molecule has 16 heavy (non-hydrogen) atoms. The second-order valence-corrected chi connectivity index (χ2v) is 4.27. The first-order valence-electron chi connectivity index (χ1n) is 4.93. The zero-order chi connectivity index (χ0) is 12.3. The van der Waals surface area contributed by atoms with Gasteiger partial charge in [-0.05, 0) is 6.42 Å². The monoisotopic (exact) mass is 225 g/mol. The lowest BCUT2D eigenvalue weighted by Crippen LogP contribution is -2.43. The Morgan fingerprint density at radius 1 is 1.38 bits per heavy atom. The molecule has 0 bridgehead atoms. The molecule has 0 aromatic carbocycles. The van der Waals surface area contributed by atoms with Gasteiger partial charge in [-0.3, -0.25) is 24.7 Å². The number of nitrogens with two attached hydrogens (primary N) is 1. The zero-order valence-electron chi connectivity index (χ0n) is 9.32. The smallest absolute Gasteiger partial charge is 0.253 e. The molecule has 0 saturated heterocycles. The van der Waals surface area contributed by atoms with Crippen molar-refractivity contribution in [1.82, 2.24) is 10.3 Å². The minimum absolute atomic E-state index is 0.213. The van der Waals surface area contributed by atoms with Crippen LogP contribution in [0.15, 0.2) is 12.2 Å². The van der Waals surface area contributed by atoms with Gasteiger partial charge in [-0.1, -0.05) is 13.8 Å². The number of amides is 3. The standard InChI is InChI=1S/C10H15N3O3/c1-10(2,9(16)12-11)5-6-13-7(14)3-4-8(13)15/h3-4H,5-6,11H2,1-2H3,(H,12,16). The Morgan fingerprint density at radius 2 is 1.88 bits per heavy atom. The predicted molar refractivity (Wildman–Crippen MR) is 56.6 cm³/mol. The summed E-state index contributed by atoms with van der Waals surface area (Å²) in [5, 5.41) is 0. The van der Waals surface area contributed by atoms with Crippen LogP contribution < -0.4 is 11.3 Å². The van der Waals surface area contributed by atoms with Crippen molar-refractivity contribution in [2.24, 2.45) is 11.3 Å². The molecule has 0 atom stereocenters. The van der Waals surface area contributed by atoms with Crippen LogP contribution in [0.4, 0.5) is 0 Å². The Kier molecular flexibility index (Phi) is 3.44. The second kappa shape index (κ2) is 4.44. The lowest BCUT2D eigenvalue weighted by atomic mass is 9.88. The molecule has 1 aliphatic heterocycles. The summed E-state index contributed by atoms with van der Waals surface area (Å²) in [6.07, 6.45) is 2.81. The third-order valence-corrected chi connectivity index (χ3v) is 2.61. The highest BCUT2D eigenvalue weighted by molar-refractivity contribution is 6.12. The van der Waals surface area contributed by atoms with E-state index in [2.05, 4.69) is 5.43 Å². The Balaban J connectivity index is 2.55. The quantitative estimate of drug-likeness (QED) is 0.287. The number of carbonyl (C=O) groups is 3. The average molecular weight is 225 g/mol. The van der Waals surface area contributed by atoms with Gasteiger partial charge in [0, 0.05) is 24.1 Å². The van der Waals surface area contributed by atoms with Gasteiger partial charge in [0.15, 0.2) is 0 Å². The van der Waals surface area contributed by atoms with Crippen LogP contribution in [-0.2, 0) is 14.4 Å². The van der Waals surface area contributed by atoms with Gasteiger partial charge in [0.2, 0.25) is 5.91 Å². The molecule has 0 spiro atoms. The van der Waals surface area contributed by atoms with E-state index < -0.39 is 5.41 Å². The average Bonchev–Trinajstić information content (AvgIpc) is 2.55. The fourth-order valence-electron chi connectivity index (χ4n) is 1.35. The van der Waals surface area contributed by atoms with Gasteiger partial charge >= 0.3 is 0 Å². The van der Waals surface area contributed by atoms with E-state index in [1.165, 1.54) is 12.2 Å². The van der Waals surface area contributed by atoms with E-state index in [0.717, 1.165) is 4.90 Å². The van der Waals surface area contributed by atoms with Crippen molar-refractivity contribution in [2.75, 3.05) is 6.54 Å². The highest BCUT2D eigenvalue weighted by Gasteiger charge is 2.30. The van der Waals surface area contributed by atoms with Crippen LogP contribution in [0.2, 0.25) is 0 Å². The largest absolute Gasteiger partial charge is 0.294 e. The molecule has 1 rings (SSSR count). The van der Waals surface area contributed by atoms with Crippen molar-refractivity contribution in [3.63, 3.8) is 0 Å². The molecule has 0 fully saturated rings. The van der Waals surface area contributed by atoms with Crippen LogP contribution in [0.5, 0.6) is 0 Å². The van der Waals surface area contributed by atoms with E-state index in [9.17, 15) is 14.4 Å². The highest BCUT2D eigenvalue weighted by Crippen LogP contribution is 2.21. The molecule has 6 nitrogen and oxygen atoms in total. The summed E-state index contributed by atoms with van der Waals surface area (Å²) in [7, 11) is 0. The maximum atomic E-state index is 11.4. The molecule has 0 aliphatic carbocycles. The Morgan fingerprint density at radius 3 is 2.31 bits per heavy atom. The van der Waals surface area contributed by atoms with E-state index in [4.69, 9.17) is 5.84 Å². The van der Waals surface area contributed by atoms with Gasteiger partial charge in [0.05, 0.1) is 0 Å². The van der Waals surface area contributed by atoms with Crippen molar-refractivity contribution in [1.29, 1.82) is 0 Å². The molecule has 1 aliphatic rings. The SMILES string of the molecule is CC(C)(CCN1C(=O)C=CC1=O)C(=O)NN. The van der Waals surface area contributed by atoms with E-state index in [0.29, 0.717) is 6.42 Å². The van der Waals surface area contributed by atoms with Crippen molar-refractivity contribution in [3.05, 3.63) is 12.2 Å². The van der Waals surface area contributed by atoms with Crippen molar-refractivity contribution in [3.8, 4) is 0 Å². The third-order valence-electron chi connectivity index (χ3n) is 2.61. The summed E-state index contributed by atoms with van der Waals surface area (Å²) in [4.78, 5) is 34.9. The van der Waals surface area contributed by atoms with Gasteiger partial charge in [0.1, 0.15) is 0 Å². The summed E-state index contributed by atoms with van der Waals surface area (Å²) in [5.41, 5.74) is 1.35. The fourth-order valence-corrected chi connectivity index (χ4v) is 1.35. The highest BCUT2D eigenvalue weighted by atomic mass is 16.2. The number of nitrogens with zero attached hydrogens (tertiary/aromatic N) is 1. The molecule has 6 heteroatoms. The number of carbonyl (C=O) groups excluding carboxylic acids is 3. The van der Waals surface area contributed by atoms with Crippen molar-refractivity contribution < 1.29 is 14.4 Å². The summed E-state index contributed by atoms with van der Waals surface area (Å²) >= 11 is 0. The Bertz CT molecular complexity index is 342. The topological polar surface area (TPSA) is 92.5 Å². The minimum atomic E-state index is -0.710. The number of rotatable bonds is 4. The maximum Gasteiger partial charge on any atom is 0.253 e. The van der Waals surface area contributed by atoms with E-state index in [1.807, 2.05) is 0 Å². The van der Waals surface area contributed by atoms with E-state index in [1.54, 1.807) is 13.8 Å². The van der Waals surface area contributed by atoms with Crippen LogP contribution in [-0.4, -0.2) is 29.2 Å². The fraction of sp³-hybridized carbons (Fsp3) is 0.500. The van der Waals surface area contributed by atoms with Crippen LogP contribution >= 0.6 is 0 Å². The number of nitrogens with one attached hydrogen (secondary N) is 1. The molecular formula is C10H15N3O3. The molecule has 0 aromatic heterocycles. The zero-order valence-corrected chi connectivity index (χ0v) is 9.32. The predicted octanol–water partition coefficient (Wildman–Crippen LogP) is -0.682. The second-order valence-electron chi connectivity index (χ2n) is 4.27. The molecule has 0 unspecified atom stereocenters. The molecule has 1 heterocycles. The molecular weight excluding hydrogens is 210 g/mol. The van der Waals surface area contributed by atoms with Gasteiger partial charge in [-0.15, -0.1) is 0 Å². The van der Waals surface area contributed by atoms with Crippen LogP contribution in [0.3, 0.4) is 0 Å². The number of hydrogen-bond donors (Lipinski definition) is 2. The van der Waals surface area contributed by atoms with Gasteiger partial charge in [-0.2, -0.15) is 0 Å². The van der Waals surface area contributed by atoms with Crippen LogP contribution in [0, 0.1) is 5.41 Å². The summed E-state index contributed by atoms with van der Waals surface area (Å²) in [5.74, 6) is 4.04. The van der Waals surface area contributed by atoms with Gasteiger partial charge < -0.3 is 0 Å². The maximum absolute atomic E-state index is 11.4. The summed E-state index contributed by atoms with van der Waals surface area (Å²) in [6, 6.07) is 0. The normalized spacial score (nSPS) is 15.8. The minimum Gasteiger partial charge on any atom is -0.294 e. The lowest BCUT2D eigenvalue weighted by molar-refractivity contribution is -0.139. The summed E-state index contributed by atoms with van der Waals surface area (Å²) in [6.45, 7) is 3.62. The summed E-state index contributed by atoms with van der Waals surface area (Å²) < 4.78 is 0. The first-order valence-corrected chi connectivity index (χ1v) is 4.93. The lowest BCUT2D eigenvalue weighted by Gasteiger charge is -2.24. The molecule has 3 amide bonds. The Hall–Kier alpha value is -1.69. The molecule has 0 saturated carbocycles. The molecule has 3 N–H and O–H groups in total. The molecule has 88 valence electrons. The number of imide groups is 1. The van der Waals surface area contributed by atoms with Gasteiger partial charge in [-0.25, -0.2) is 5.84 Å². The number of hydrazine groups is 1. The molecule has 0 aromatic rings. The van der Waals surface area contributed by atoms with Crippen molar-refractivity contribution >= 4 is 17.7 Å². The molecule has 0 radical (unpaired) electrons. The number of hydrogen-bond acceptors (Lipinski definition) is 4. The Labute approximate surface area is 93.4 Å². The third kappa shape index (κ3) is 2.46.